The normalized spacial score (nSPS) is 10.3. The van der Waals surface area contributed by atoms with E-state index in [1.807, 2.05) is 45.0 Å². The van der Waals surface area contributed by atoms with Crippen LogP contribution in [0.25, 0.3) is 0 Å². The maximum atomic E-state index is 12.1. The van der Waals surface area contributed by atoms with Crippen LogP contribution in [-0.2, 0) is 9.59 Å². The lowest BCUT2D eigenvalue weighted by Gasteiger charge is -2.09. The summed E-state index contributed by atoms with van der Waals surface area (Å²) in [5, 5.41) is 0. The molecule has 0 aliphatic rings. The maximum Gasteiger partial charge on any atom is 0.276 e. The molecule has 1 heterocycles. The van der Waals surface area contributed by atoms with Crippen molar-refractivity contribution in [3.63, 3.8) is 0 Å². The molecule has 0 spiro atoms. The fraction of sp³-hybridized carbons (Fsp3) is 0.316. The highest BCUT2D eigenvalue weighted by atomic mass is 32.1. The zero-order valence-corrected chi connectivity index (χ0v) is 15.9. The van der Waals surface area contributed by atoms with Crippen LogP contribution in [0.15, 0.2) is 30.3 Å². The van der Waals surface area contributed by atoms with Crippen LogP contribution < -0.4 is 15.6 Å². The van der Waals surface area contributed by atoms with Crippen LogP contribution in [0.5, 0.6) is 5.75 Å². The Kier molecular flexibility index (Phi) is 6.91. The van der Waals surface area contributed by atoms with Crippen LogP contribution in [0.2, 0.25) is 0 Å². The lowest BCUT2D eigenvalue weighted by Crippen LogP contribution is -2.43. The van der Waals surface area contributed by atoms with Crippen LogP contribution in [0.1, 0.15) is 38.5 Å². The molecule has 0 aliphatic heterocycles. The number of ketones is 1. The van der Waals surface area contributed by atoms with E-state index in [9.17, 15) is 14.4 Å². The Hall–Kier alpha value is -2.67. The standard InChI is InChI=1S/C19H22N2O4S/c1-12-5-4-6-15(9-12)25-11-19(24)21-20-18(23)8-7-17(22)16-10-13(2)26-14(16)3/h4-6,9-10H,7-8,11H2,1-3H3,(H,20,23)(H,21,24). The summed E-state index contributed by atoms with van der Waals surface area (Å²) in [7, 11) is 0. The Labute approximate surface area is 156 Å². The number of benzene rings is 1. The summed E-state index contributed by atoms with van der Waals surface area (Å²) in [4.78, 5) is 37.6. The summed E-state index contributed by atoms with van der Waals surface area (Å²) in [5.74, 6) is -0.392. The van der Waals surface area contributed by atoms with E-state index in [0.717, 1.165) is 15.3 Å². The summed E-state index contributed by atoms with van der Waals surface area (Å²) in [6.07, 6.45) is 0.102. The SMILES string of the molecule is Cc1cccc(OCC(=O)NNC(=O)CCC(=O)c2cc(C)sc2C)c1. The molecule has 2 N–H and O–H groups in total. The highest BCUT2D eigenvalue weighted by Crippen LogP contribution is 2.22. The molecule has 2 amide bonds. The van der Waals surface area contributed by atoms with Crippen molar-refractivity contribution < 1.29 is 19.1 Å². The van der Waals surface area contributed by atoms with Gasteiger partial charge in [0.2, 0.25) is 5.91 Å². The largest absolute Gasteiger partial charge is 0.484 e. The zero-order chi connectivity index (χ0) is 19.1. The Balaban J connectivity index is 1.68. The van der Waals surface area contributed by atoms with Crippen molar-refractivity contribution in [2.75, 3.05) is 6.61 Å². The van der Waals surface area contributed by atoms with Gasteiger partial charge >= 0.3 is 0 Å². The molecule has 0 aliphatic carbocycles. The Morgan fingerprint density at radius 3 is 2.38 bits per heavy atom. The van der Waals surface area contributed by atoms with Crippen LogP contribution >= 0.6 is 11.3 Å². The molecule has 1 aromatic heterocycles. The number of hydrogen-bond acceptors (Lipinski definition) is 5. The van der Waals surface area contributed by atoms with Crippen LogP contribution in [0.3, 0.4) is 0 Å². The van der Waals surface area contributed by atoms with E-state index in [1.54, 1.807) is 17.4 Å². The molecule has 7 heteroatoms. The zero-order valence-electron chi connectivity index (χ0n) is 15.0. The smallest absolute Gasteiger partial charge is 0.276 e. The van der Waals surface area contributed by atoms with Crippen molar-refractivity contribution in [3.05, 3.63) is 51.2 Å². The minimum atomic E-state index is -0.476. The average Bonchev–Trinajstić information content (AvgIpc) is 2.94. The summed E-state index contributed by atoms with van der Waals surface area (Å²) in [5.41, 5.74) is 6.25. The molecule has 26 heavy (non-hydrogen) atoms. The predicted molar refractivity (Wildman–Crippen MR) is 100 cm³/mol. The molecular formula is C19H22N2O4S. The Morgan fingerprint density at radius 2 is 1.73 bits per heavy atom. The number of carbonyl (C=O) groups is 3. The van der Waals surface area contributed by atoms with Gasteiger partial charge in [-0.3, -0.25) is 25.2 Å². The fourth-order valence-corrected chi connectivity index (χ4v) is 3.30. The summed E-state index contributed by atoms with van der Waals surface area (Å²) in [6, 6.07) is 9.15. The summed E-state index contributed by atoms with van der Waals surface area (Å²) in [6.45, 7) is 5.54. The van der Waals surface area contributed by atoms with E-state index in [2.05, 4.69) is 10.9 Å². The summed E-state index contributed by atoms with van der Waals surface area (Å²) >= 11 is 1.56. The minimum absolute atomic E-state index is 0.00614. The number of aryl methyl sites for hydroxylation is 3. The number of hydrogen-bond donors (Lipinski definition) is 2. The second-order valence-electron chi connectivity index (χ2n) is 5.95. The molecule has 138 valence electrons. The highest BCUT2D eigenvalue weighted by Gasteiger charge is 2.14. The number of Topliss-reactive ketones (excluding diaryl/α,β-unsaturated/α-hetero) is 1. The van der Waals surface area contributed by atoms with Gasteiger partial charge in [-0.05, 0) is 44.5 Å². The third kappa shape index (κ3) is 6.00. The number of ether oxygens (including phenoxy) is 1. The van der Waals surface area contributed by atoms with Crippen LogP contribution in [-0.4, -0.2) is 24.2 Å². The molecule has 0 radical (unpaired) electrons. The van der Waals surface area contributed by atoms with Crippen molar-refractivity contribution in [3.8, 4) is 5.75 Å². The number of thiophene rings is 1. The van der Waals surface area contributed by atoms with Gasteiger partial charge in [0.05, 0.1) is 0 Å². The van der Waals surface area contributed by atoms with Gasteiger partial charge in [-0.15, -0.1) is 11.3 Å². The van der Waals surface area contributed by atoms with E-state index in [0.29, 0.717) is 11.3 Å². The van der Waals surface area contributed by atoms with Gasteiger partial charge in [0.15, 0.2) is 12.4 Å². The van der Waals surface area contributed by atoms with Crippen molar-refractivity contribution in [1.29, 1.82) is 0 Å². The van der Waals surface area contributed by atoms with E-state index >= 15 is 0 Å². The molecule has 0 bridgehead atoms. The topological polar surface area (TPSA) is 84.5 Å². The van der Waals surface area contributed by atoms with Crippen LogP contribution in [0.4, 0.5) is 0 Å². The number of hydrazine groups is 1. The molecule has 0 fully saturated rings. The number of amides is 2. The first kappa shape index (κ1) is 19.7. The van der Waals surface area contributed by atoms with Gasteiger partial charge in [0, 0.05) is 28.2 Å². The lowest BCUT2D eigenvalue weighted by atomic mass is 10.1. The average molecular weight is 374 g/mol. The van der Waals surface area contributed by atoms with Gasteiger partial charge in [0.1, 0.15) is 5.75 Å². The molecular weight excluding hydrogens is 352 g/mol. The lowest BCUT2D eigenvalue weighted by molar-refractivity contribution is -0.130. The molecule has 0 unspecified atom stereocenters. The quantitative estimate of drug-likeness (QED) is 0.576. The molecule has 0 saturated heterocycles. The van der Waals surface area contributed by atoms with Crippen molar-refractivity contribution in [2.24, 2.45) is 0 Å². The molecule has 2 aromatic rings. The first-order chi connectivity index (χ1) is 12.3. The highest BCUT2D eigenvalue weighted by molar-refractivity contribution is 7.12. The molecule has 0 saturated carbocycles. The molecule has 0 atom stereocenters. The molecule has 1 aromatic carbocycles. The second kappa shape index (κ2) is 9.15. The predicted octanol–water partition coefficient (Wildman–Crippen LogP) is 2.86. The minimum Gasteiger partial charge on any atom is -0.484 e. The van der Waals surface area contributed by atoms with Crippen molar-refractivity contribution in [1.82, 2.24) is 10.9 Å². The third-order valence-corrected chi connectivity index (χ3v) is 4.59. The maximum absolute atomic E-state index is 12.1. The second-order valence-corrected chi connectivity index (χ2v) is 7.41. The first-order valence-corrected chi connectivity index (χ1v) is 9.04. The molecule has 2 rings (SSSR count). The van der Waals surface area contributed by atoms with E-state index in [1.165, 1.54) is 0 Å². The van der Waals surface area contributed by atoms with E-state index in [-0.39, 0.29) is 25.2 Å². The summed E-state index contributed by atoms with van der Waals surface area (Å²) < 4.78 is 5.34. The monoisotopic (exact) mass is 374 g/mol. The number of carbonyl (C=O) groups excluding carboxylic acids is 3. The number of nitrogens with one attached hydrogen (secondary N) is 2. The van der Waals surface area contributed by atoms with E-state index in [4.69, 9.17) is 4.74 Å². The van der Waals surface area contributed by atoms with Gasteiger partial charge in [-0.25, -0.2) is 0 Å². The first-order valence-electron chi connectivity index (χ1n) is 8.22. The van der Waals surface area contributed by atoms with Crippen molar-refractivity contribution in [2.45, 2.75) is 33.6 Å². The van der Waals surface area contributed by atoms with Crippen molar-refractivity contribution >= 4 is 28.9 Å². The van der Waals surface area contributed by atoms with E-state index < -0.39 is 11.8 Å². The number of rotatable bonds is 7. The third-order valence-electron chi connectivity index (χ3n) is 3.62. The Bertz CT molecular complexity index is 814. The van der Waals surface area contributed by atoms with Gasteiger partial charge in [0.25, 0.3) is 5.91 Å². The fourth-order valence-electron chi connectivity index (χ4n) is 2.36. The van der Waals surface area contributed by atoms with Gasteiger partial charge in [-0.1, -0.05) is 12.1 Å². The van der Waals surface area contributed by atoms with Gasteiger partial charge < -0.3 is 4.74 Å². The van der Waals surface area contributed by atoms with Gasteiger partial charge in [-0.2, -0.15) is 0 Å². The van der Waals surface area contributed by atoms with Crippen LogP contribution in [0, 0.1) is 20.8 Å². The Morgan fingerprint density at radius 1 is 1.00 bits per heavy atom. The molecule has 6 nitrogen and oxygen atoms in total.